The highest BCUT2D eigenvalue weighted by Crippen LogP contribution is 2.24. The summed E-state index contributed by atoms with van der Waals surface area (Å²) in [4.78, 5) is 13.8. The number of nitrogens with zero attached hydrogens (tertiary/aromatic N) is 5. The second-order valence-corrected chi connectivity index (χ2v) is 6.37. The number of fused-ring (bicyclic) bond motifs is 1. The number of thiophene rings is 1. The van der Waals surface area contributed by atoms with Gasteiger partial charge in [0.2, 0.25) is 5.95 Å². The lowest BCUT2D eigenvalue weighted by atomic mass is 10.1. The van der Waals surface area contributed by atoms with Crippen LogP contribution in [0.15, 0.2) is 29.2 Å². The molecule has 0 saturated carbocycles. The fraction of sp³-hybridized carbons (Fsp3) is 0.400. The Kier molecular flexibility index (Phi) is 3.51. The molecule has 0 aliphatic carbocycles. The molecule has 4 rings (SSSR count). The number of aromatic nitrogens is 4. The summed E-state index contributed by atoms with van der Waals surface area (Å²) in [5, 5.41) is 11.3. The molecule has 1 aliphatic heterocycles. The van der Waals surface area contributed by atoms with Crippen LogP contribution in [0.1, 0.15) is 18.5 Å². The van der Waals surface area contributed by atoms with Gasteiger partial charge in [-0.1, -0.05) is 0 Å². The fourth-order valence-corrected chi connectivity index (χ4v) is 3.66. The quantitative estimate of drug-likeness (QED) is 0.804. The van der Waals surface area contributed by atoms with Gasteiger partial charge < -0.3 is 4.90 Å². The first-order chi connectivity index (χ1) is 10.8. The van der Waals surface area contributed by atoms with E-state index in [1.54, 1.807) is 17.5 Å². The standard InChI is InChI=1S/C15H18N6S/c1-11(12-2-7-22-10-12)20-3-5-21(6-4-20)15-16-8-14-13(18-15)9-17-19-14/h2,7-11H,3-6H2,1H3,(H,17,19). The highest BCUT2D eigenvalue weighted by molar-refractivity contribution is 7.07. The molecule has 7 heteroatoms. The molecular weight excluding hydrogens is 296 g/mol. The van der Waals surface area contributed by atoms with E-state index in [1.165, 1.54) is 5.56 Å². The highest BCUT2D eigenvalue weighted by Gasteiger charge is 2.23. The van der Waals surface area contributed by atoms with Crippen molar-refractivity contribution in [2.24, 2.45) is 0 Å². The zero-order valence-corrected chi connectivity index (χ0v) is 13.3. The Labute approximate surface area is 132 Å². The van der Waals surface area contributed by atoms with Gasteiger partial charge in [-0.05, 0) is 29.3 Å². The Hall–Kier alpha value is -1.99. The zero-order chi connectivity index (χ0) is 14.9. The van der Waals surface area contributed by atoms with E-state index in [2.05, 4.69) is 53.7 Å². The number of H-pyrrole nitrogens is 1. The number of hydrogen-bond acceptors (Lipinski definition) is 6. The molecular formula is C15H18N6S. The van der Waals surface area contributed by atoms with Crippen molar-refractivity contribution in [3.63, 3.8) is 0 Å². The smallest absolute Gasteiger partial charge is 0.226 e. The molecule has 114 valence electrons. The zero-order valence-electron chi connectivity index (χ0n) is 12.4. The van der Waals surface area contributed by atoms with Crippen molar-refractivity contribution in [1.82, 2.24) is 25.1 Å². The molecule has 22 heavy (non-hydrogen) atoms. The lowest BCUT2D eigenvalue weighted by Crippen LogP contribution is -2.47. The summed E-state index contributed by atoms with van der Waals surface area (Å²) in [7, 11) is 0. The van der Waals surface area contributed by atoms with Crippen molar-refractivity contribution in [2.45, 2.75) is 13.0 Å². The first-order valence-electron chi connectivity index (χ1n) is 7.48. The van der Waals surface area contributed by atoms with Gasteiger partial charge in [0, 0.05) is 32.2 Å². The van der Waals surface area contributed by atoms with Crippen LogP contribution in [-0.4, -0.2) is 51.2 Å². The SMILES string of the molecule is CC(c1ccsc1)N1CCN(c2ncc3[nH]ncc3n2)CC1. The molecule has 6 nitrogen and oxygen atoms in total. The molecule has 4 heterocycles. The van der Waals surface area contributed by atoms with Gasteiger partial charge in [-0.25, -0.2) is 9.97 Å². The summed E-state index contributed by atoms with van der Waals surface area (Å²) in [5.41, 5.74) is 3.17. The monoisotopic (exact) mass is 314 g/mol. The normalized spacial score (nSPS) is 18.0. The minimum Gasteiger partial charge on any atom is -0.338 e. The molecule has 3 aromatic heterocycles. The first kappa shape index (κ1) is 13.7. The fourth-order valence-electron chi connectivity index (χ4n) is 2.92. The van der Waals surface area contributed by atoms with Gasteiger partial charge in [-0.3, -0.25) is 10.00 Å². The highest BCUT2D eigenvalue weighted by atomic mass is 32.1. The molecule has 0 aromatic carbocycles. The predicted molar refractivity (Wildman–Crippen MR) is 88.2 cm³/mol. The topological polar surface area (TPSA) is 60.9 Å². The molecule has 1 atom stereocenters. The van der Waals surface area contributed by atoms with Gasteiger partial charge in [-0.2, -0.15) is 16.4 Å². The molecule has 1 unspecified atom stereocenters. The number of hydrogen-bond donors (Lipinski definition) is 1. The van der Waals surface area contributed by atoms with E-state index >= 15 is 0 Å². The number of nitrogens with one attached hydrogen (secondary N) is 1. The van der Waals surface area contributed by atoms with Crippen molar-refractivity contribution < 1.29 is 0 Å². The third-order valence-electron chi connectivity index (χ3n) is 4.35. The van der Waals surface area contributed by atoms with Crippen molar-refractivity contribution in [2.75, 3.05) is 31.1 Å². The number of aromatic amines is 1. The van der Waals surface area contributed by atoms with E-state index in [-0.39, 0.29) is 0 Å². The van der Waals surface area contributed by atoms with Crippen LogP contribution in [0.4, 0.5) is 5.95 Å². The van der Waals surface area contributed by atoms with Gasteiger partial charge in [0.05, 0.1) is 12.4 Å². The van der Waals surface area contributed by atoms with E-state index in [1.807, 2.05) is 6.20 Å². The van der Waals surface area contributed by atoms with E-state index < -0.39 is 0 Å². The molecule has 1 N–H and O–H groups in total. The third kappa shape index (κ3) is 2.46. The van der Waals surface area contributed by atoms with Crippen LogP contribution in [0.2, 0.25) is 0 Å². The number of rotatable bonds is 3. The van der Waals surface area contributed by atoms with Crippen LogP contribution in [-0.2, 0) is 0 Å². The van der Waals surface area contributed by atoms with Crippen molar-refractivity contribution in [1.29, 1.82) is 0 Å². The van der Waals surface area contributed by atoms with Crippen LogP contribution in [0.3, 0.4) is 0 Å². The molecule has 1 saturated heterocycles. The van der Waals surface area contributed by atoms with Gasteiger partial charge in [-0.15, -0.1) is 0 Å². The van der Waals surface area contributed by atoms with Crippen molar-refractivity contribution in [3.05, 3.63) is 34.8 Å². The molecule has 0 radical (unpaired) electrons. The second-order valence-electron chi connectivity index (χ2n) is 5.59. The van der Waals surface area contributed by atoms with Crippen LogP contribution in [0, 0.1) is 0 Å². The summed E-state index contributed by atoms with van der Waals surface area (Å²) in [6, 6.07) is 2.70. The maximum Gasteiger partial charge on any atom is 0.226 e. The van der Waals surface area contributed by atoms with Crippen molar-refractivity contribution >= 4 is 28.3 Å². The largest absolute Gasteiger partial charge is 0.338 e. The maximum atomic E-state index is 4.58. The first-order valence-corrected chi connectivity index (χ1v) is 8.43. The number of piperazine rings is 1. The lowest BCUT2D eigenvalue weighted by Gasteiger charge is -2.37. The molecule has 3 aromatic rings. The van der Waals surface area contributed by atoms with E-state index in [4.69, 9.17) is 0 Å². The minimum absolute atomic E-state index is 0.477. The third-order valence-corrected chi connectivity index (χ3v) is 5.05. The van der Waals surface area contributed by atoms with E-state index in [9.17, 15) is 0 Å². The number of anilines is 1. The van der Waals surface area contributed by atoms with Gasteiger partial charge >= 0.3 is 0 Å². The Morgan fingerprint density at radius 2 is 2.09 bits per heavy atom. The average molecular weight is 314 g/mol. The Bertz CT molecular complexity index is 744. The molecule has 0 bridgehead atoms. The predicted octanol–water partition coefficient (Wildman–Crippen LogP) is 2.30. The van der Waals surface area contributed by atoms with Crippen LogP contribution >= 0.6 is 11.3 Å². The van der Waals surface area contributed by atoms with Gasteiger partial charge in [0.1, 0.15) is 11.0 Å². The summed E-state index contributed by atoms with van der Waals surface area (Å²) in [6.45, 7) is 6.26. The van der Waals surface area contributed by atoms with Gasteiger partial charge in [0.25, 0.3) is 0 Å². The minimum atomic E-state index is 0.477. The molecule has 1 fully saturated rings. The Balaban J connectivity index is 1.45. The van der Waals surface area contributed by atoms with Crippen LogP contribution in [0.5, 0.6) is 0 Å². The van der Waals surface area contributed by atoms with E-state index in [0.717, 1.165) is 43.2 Å². The lowest BCUT2D eigenvalue weighted by molar-refractivity contribution is 0.198. The summed E-state index contributed by atoms with van der Waals surface area (Å²) >= 11 is 1.77. The Morgan fingerprint density at radius 1 is 1.23 bits per heavy atom. The van der Waals surface area contributed by atoms with E-state index in [0.29, 0.717) is 6.04 Å². The summed E-state index contributed by atoms with van der Waals surface area (Å²) < 4.78 is 0. The molecule has 0 amide bonds. The second kappa shape index (κ2) is 5.66. The maximum absolute atomic E-state index is 4.58. The Morgan fingerprint density at radius 3 is 2.86 bits per heavy atom. The molecule has 1 aliphatic rings. The molecule has 0 spiro atoms. The van der Waals surface area contributed by atoms with Crippen LogP contribution in [0.25, 0.3) is 11.0 Å². The average Bonchev–Trinajstić information content (AvgIpc) is 3.25. The van der Waals surface area contributed by atoms with Gasteiger partial charge in [0.15, 0.2) is 0 Å². The van der Waals surface area contributed by atoms with Crippen molar-refractivity contribution in [3.8, 4) is 0 Å². The van der Waals surface area contributed by atoms with Crippen LogP contribution < -0.4 is 4.90 Å². The summed E-state index contributed by atoms with van der Waals surface area (Å²) in [6.07, 6.45) is 3.56. The summed E-state index contributed by atoms with van der Waals surface area (Å²) in [5.74, 6) is 0.803.